The molecule has 2 aromatic rings. The van der Waals surface area contributed by atoms with Gasteiger partial charge in [-0.2, -0.15) is 0 Å². The monoisotopic (exact) mass is 272 g/mol. The summed E-state index contributed by atoms with van der Waals surface area (Å²) in [5.41, 5.74) is 2.16. The molecule has 0 radical (unpaired) electrons. The van der Waals surface area contributed by atoms with Gasteiger partial charge in [-0.1, -0.05) is 41.9 Å². The van der Waals surface area contributed by atoms with Gasteiger partial charge in [0.2, 0.25) is 0 Å². The summed E-state index contributed by atoms with van der Waals surface area (Å²) in [4.78, 5) is 11.9. The Bertz CT molecular complexity index is 604. The van der Waals surface area contributed by atoms with Gasteiger partial charge in [0.1, 0.15) is 12.4 Å². The van der Waals surface area contributed by atoms with Crippen molar-refractivity contribution < 1.29 is 9.53 Å². The molecule has 0 bridgehead atoms. The molecule has 1 aliphatic heterocycles. The van der Waals surface area contributed by atoms with Crippen LogP contribution in [-0.2, 0) is 4.79 Å². The summed E-state index contributed by atoms with van der Waals surface area (Å²) >= 11 is 5.92. The van der Waals surface area contributed by atoms with E-state index in [1.165, 1.54) is 0 Å². The molecule has 3 heteroatoms. The zero-order chi connectivity index (χ0) is 13.2. The molecule has 0 aliphatic carbocycles. The van der Waals surface area contributed by atoms with Crippen LogP contribution in [0.25, 0.3) is 0 Å². The largest absolute Gasteiger partial charge is 0.486 e. The fraction of sp³-hybridized carbons (Fsp3) is 0.188. The Labute approximate surface area is 117 Å². The third kappa shape index (κ3) is 2.49. The SMILES string of the molecule is O=C1COc2ccccc2C(c2ccc(Cl)cc2)C1. The van der Waals surface area contributed by atoms with E-state index in [4.69, 9.17) is 16.3 Å². The van der Waals surface area contributed by atoms with Crippen LogP contribution >= 0.6 is 11.6 Å². The van der Waals surface area contributed by atoms with Gasteiger partial charge in [0.25, 0.3) is 0 Å². The van der Waals surface area contributed by atoms with Gasteiger partial charge < -0.3 is 4.74 Å². The van der Waals surface area contributed by atoms with E-state index in [1.54, 1.807) is 0 Å². The summed E-state index contributed by atoms with van der Waals surface area (Å²) in [6.45, 7) is 0.154. The molecule has 2 aromatic carbocycles. The highest BCUT2D eigenvalue weighted by Gasteiger charge is 2.25. The van der Waals surface area contributed by atoms with Crippen LogP contribution in [0.3, 0.4) is 0 Å². The molecule has 1 unspecified atom stereocenters. The van der Waals surface area contributed by atoms with Crippen LogP contribution in [0.1, 0.15) is 23.5 Å². The lowest BCUT2D eigenvalue weighted by Crippen LogP contribution is -2.10. The van der Waals surface area contributed by atoms with E-state index in [1.807, 2.05) is 48.5 Å². The van der Waals surface area contributed by atoms with Crippen LogP contribution in [0.15, 0.2) is 48.5 Å². The maximum Gasteiger partial charge on any atom is 0.171 e. The minimum Gasteiger partial charge on any atom is -0.486 e. The van der Waals surface area contributed by atoms with E-state index < -0.39 is 0 Å². The summed E-state index contributed by atoms with van der Waals surface area (Å²) in [6, 6.07) is 15.5. The first-order valence-electron chi connectivity index (χ1n) is 6.23. The number of carbonyl (C=O) groups excluding carboxylic acids is 1. The van der Waals surface area contributed by atoms with Gasteiger partial charge in [-0.25, -0.2) is 0 Å². The van der Waals surface area contributed by atoms with Crippen molar-refractivity contribution in [3.8, 4) is 5.75 Å². The van der Waals surface area contributed by atoms with Crippen molar-refractivity contribution in [3.05, 3.63) is 64.7 Å². The van der Waals surface area contributed by atoms with Gasteiger partial charge in [-0.05, 0) is 23.8 Å². The number of benzene rings is 2. The number of ether oxygens (including phenoxy) is 1. The highest BCUT2D eigenvalue weighted by atomic mass is 35.5. The van der Waals surface area contributed by atoms with Crippen LogP contribution in [-0.4, -0.2) is 12.4 Å². The van der Waals surface area contributed by atoms with Gasteiger partial charge in [0.05, 0.1) is 0 Å². The number of carbonyl (C=O) groups is 1. The maximum atomic E-state index is 11.9. The van der Waals surface area contributed by atoms with Gasteiger partial charge in [-0.15, -0.1) is 0 Å². The third-order valence-electron chi connectivity index (χ3n) is 3.39. The lowest BCUT2D eigenvalue weighted by Gasteiger charge is -2.16. The second kappa shape index (κ2) is 5.06. The Hall–Kier alpha value is -1.80. The standard InChI is InChI=1S/C16H13ClO2/c17-12-7-5-11(6-8-12)15-9-13(18)10-19-16-4-2-1-3-14(15)16/h1-8,15H,9-10H2. The fourth-order valence-electron chi connectivity index (χ4n) is 2.45. The quantitative estimate of drug-likeness (QED) is 0.789. The third-order valence-corrected chi connectivity index (χ3v) is 3.64. The van der Waals surface area contributed by atoms with E-state index in [9.17, 15) is 4.79 Å². The summed E-state index contributed by atoms with van der Waals surface area (Å²) in [5.74, 6) is 0.966. The van der Waals surface area contributed by atoms with Gasteiger partial charge in [0, 0.05) is 22.9 Å². The minimum absolute atomic E-state index is 0.0449. The van der Waals surface area contributed by atoms with E-state index in [0.717, 1.165) is 16.9 Å². The predicted molar refractivity (Wildman–Crippen MR) is 74.9 cm³/mol. The first-order valence-corrected chi connectivity index (χ1v) is 6.61. The van der Waals surface area contributed by atoms with Crippen molar-refractivity contribution in [3.63, 3.8) is 0 Å². The molecule has 2 nitrogen and oxygen atoms in total. The maximum absolute atomic E-state index is 11.9. The van der Waals surface area contributed by atoms with Crippen molar-refractivity contribution in [1.29, 1.82) is 0 Å². The van der Waals surface area contributed by atoms with Crippen LogP contribution < -0.4 is 4.74 Å². The molecule has 0 saturated heterocycles. The molecular weight excluding hydrogens is 260 g/mol. The van der Waals surface area contributed by atoms with Crippen LogP contribution in [0, 0.1) is 0 Å². The second-order valence-electron chi connectivity index (χ2n) is 4.67. The van der Waals surface area contributed by atoms with Crippen molar-refractivity contribution in [2.24, 2.45) is 0 Å². The summed E-state index contributed by atoms with van der Waals surface area (Å²) < 4.78 is 5.56. The number of rotatable bonds is 1. The zero-order valence-corrected chi connectivity index (χ0v) is 11.1. The number of hydrogen-bond acceptors (Lipinski definition) is 2. The molecule has 1 atom stereocenters. The molecule has 96 valence electrons. The lowest BCUT2D eigenvalue weighted by atomic mass is 9.87. The fourth-order valence-corrected chi connectivity index (χ4v) is 2.57. The van der Waals surface area contributed by atoms with Crippen LogP contribution in [0.4, 0.5) is 0 Å². The number of para-hydroxylation sites is 1. The predicted octanol–water partition coefficient (Wildman–Crippen LogP) is 3.82. The molecule has 0 amide bonds. The molecule has 0 N–H and O–H groups in total. The highest BCUT2D eigenvalue weighted by molar-refractivity contribution is 6.30. The molecule has 0 fully saturated rings. The average Bonchev–Trinajstić information content (AvgIpc) is 2.60. The van der Waals surface area contributed by atoms with Gasteiger partial charge >= 0.3 is 0 Å². The lowest BCUT2D eigenvalue weighted by molar-refractivity contribution is -0.120. The minimum atomic E-state index is 0.0449. The average molecular weight is 273 g/mol. The molecule has 1 heterocycles. The molecule has 0 aromatic heterocycles. The molecular formula is C16H13ClO2. The van der Waals surface area contributed by atoms with E-state index in [-0.39, 0.29) is 18.3 Å². The summed E-state index contributed by atoms with van der Waals surface area (Å²) in [6.07, 6.45) is 0.471. The Morgan fingerprint density at radius 2 is 1.79 bits per heavy atom. The van der Waals surface area contributed by atoms with Gasteiger partial charge in [-0.3, -0.25) is 4.79 Å². The number of fused-ring (bicyclic) bond motifs is 1. The first kappa shape index (κ1) is 12.2. The second-order valence-corrected chi connectivity index (χ2v) is 5.11. The van der Waals surface area contributed by atoms with Crippen LogP contribution in [0.5, 0.6) is 5.75 Å². The molecule has 0 spiro atoms. The Morgan fingerprint density at radius 1 is 1.05 bits per heavy atom. The van der Waals surface area contributed by atoms with Crippen molar-refractivity contribution in [2.75, 3.05) is 6.61 Å². The number of halogens is 1. The normalized spacial score (nSPS) is 18.4. The highest BCUT2D eigenvalue weighted by Crippen LogP contribution is 2.36. The zero-order valence-electron chi connectivity index (χ0n) is 10.3. The van der Waals surface area contributed by atoms with Crippen molar-refractivity contribution in [1.82, 2.24) is 0 Å². The molecule has 1 aliphatic rings. The van der Waals surface area contributed by atoms with E-state index >= 15 is 0 Å². The van der Waals surface area contributed by atoms with Gasteiger partial charge in [0.15, 0.2) is 5.78 Å². The van der Waals surface area contributed by atoms with Crippen molar-refractivity contribution in [2.45, 2.75) is 12.3 Å². The topological polar surface area (TPSA) is 26.3 Å². The molecule has 19 heavy (non-hydrogen) atoms. The number of Topliss-reactive ketones (excluding diaryl/α,β-unsaturated/α-hetero) is 1. The molecule has 3 rings (SSSR count). The summed E-state index contributed by atoms with van der Waals surface area (Å²) in [5, 5.41) is 0.702. The smallest absolute Gasteiger partial charge is 0.171 e. The van der Waals surface area contributed by atoms with E-state index in [0.29, 0.717) is 11.4 Å². The van der Waals surface area contributed by atoms with Crippen molar-refractivity contribution >= 4 is 17.4 Å². The van der Waals surface area contributed by atoms with E-state index in [2.05, 4.69) is 0 Å². The van der Waals surface area contributed by atoms with Crippen LogP contribution in [0.2, 0.25) is 5.02 Å². The Balaban J connectivity index is 2.07. The first-order chi connectivity index (χ1) is 9.24. The Morgan fingerprint density at radius 3 is 2.58 bits per heavy atom. The molecule has 0 saturated carbocycles. The Kier molecular flexibility index (Phi) is 3.26. The number of ketones is 1. The number of hydrogen-bond donors (Lipinski definition) is 0. The summed E-state index contributed by atoms with van der Waals surface area (Å²) in [7, 11) is 0.